The summed E-state index contributed by atoms with van der Waals surface area (Å²) in [6, 6.07) is 1.93. The minimum Gasteiger partial charge on any atom is -0.388 e. The van der Waals surface area contributed by atoms with Crippen LogP contribution in [0.4, 0.5) is 13.2 Å². The van der Waals surface area contributed by atoms with Gasteiger partial charge in [0.25, 0.3) is 0 Å². The zero-order valence-electron chi connectivity index (χ0n) is 11.3. The van der Waals surface area contributed by atoms with Gasteiger partial charge < -0.3 is 9.67 Å². The SMILES string of the molecule is CC(C)(C)n1c(CO)nnc1-c1ccc(F)c(F)c1F. The molecule has 7 heteroatoms. The van der Waals surface area contributed by atoms with Crippen LogP contribution in [0.1, 0.15) is 26.6 Å². The zero-order valence-corrected chi connectivity index (χ0v) is 11.3. The molecule has 0 spiro atoms. The van der Waals surface area contributed by atoms with Crippen LogP contribution in [0.15, 0.2) is 12.1 Å². The van der Waals surface area contributed by atoms with Crippen molar-refractivity contribution in [1.29, 1.82) is 0 Å². The maximum atomic E-state index is 13.9. The van der Waals surface area contributed by atoms with Crippen molar-refractivity contribution in [3.63, 3.8) is 0 Å². The number of rotatable bonds is 2. The number of halogens is 3. The van der Waals surface area contributed by atoms with Gasteiger partial charge in [-0.2, -0.15) is 0 Å². The van der Waals surface area contributed by atoms with Crippen LogP contribution >= 0.6 is 0 Å². The lowest BCUT2D eigenvalue weighted by atomic mass is 10.1. The van der Waals surface area contributed by atoms with Crippen LogP contribution in [-0.2, 0) is 12.1 Å². The largest absolute Gasteiger partial charge is 0.388 e. The third-order valence-electron chi connectivity index (χ3n) is 2.82. The van der Waals surface area contributed by atoms with Crippen LogP contribution < -0.4 is 0 Å². The minimum absolute atomic E-state index is 0.0398. The van der Waals surface area contributed by atoms with Crippen molar-refractivity contribution in [2.45, 2.75) is 32.9 Å². The van der Waals surface area contributed by atoms with Gasteiger partial charge in [0, 0.05) is 5.54 Å². The number of benzene rings is 1. The lowest BCUT2D eigenvalue weighted by Crippen LogP contribution is -2.25. The molecule has 1 N–H and O–H groups in total. The maximum Gasteiger partial charge on any atom is 0.195 e. The highest BCUT2D eigenvalue weighted by molar-refractivity contribution is 5.57. The third-order valence-corrected chi connectivity index (χ3v) is 2.82. The number of aliphatic hydroxyl groups is 1. The fourth-order valence-electron chi connectivity index (χ4n) is 2.00. The summed E-state index contributed by atoms with van der Waals surface area (Å²) in [4.78, 5) is 0. The lowest BCUT2D eigenvalue weighted by molar-refractivity contribution is 0.250. The van der Waals surface area contributed by atoms with Crippen LogP contribution in [0.5, 0.6) is 0 Å². The van der Waals surface area contributed by atoms with E-state index in [-0.39, 0.29) is 17.2 Å². The van der Waals surface area contributed by atoms with Gasteiger partial charge in [0.1, 0.15) is 6.61 Å². The molecule has 1 aromatic carbocycles. The van der Waals surface area contributed by atoms with Gasteiger partial charge in [0.2, 0.25) is 0 Å². The van der Waals surface area contributed by atoms with E-state index in [0.29, 0.717) is 0 Å². The number of hydrogen-bond acceptors (Lipinski definition) is 3. The highest BCUT2D eigenvalue weighted by Crippen LogP contribution is 2.29. The molecule has 0 aliphatic rings. The Balaban J connectivity index is 2.72. The first kappa shape index (κ1) is 14.5. The predicted molar refractivity (Wildman–Crippen MR) is 66.3 cm³/mol. The standard InChI is InChI=1S/C13H14F3N3O/c1-13(2,3)19-9(6-20)17-18-12(19)7-4-5-8(14)11(16)10(7)15/h4-5,20H,6H2,1-3H3. The molecule has 0 saturated heterocycles. The van der Waals surface area contributed by atoms with Crippen LogP contribution in [0.3, 0.4) is 0 Å². The highest BCUT2D eigenvalue weighted by atomic mass is 19.2. The van der Waals surface area contributed by atoms with Crippen LogP contribution in [0, 0.1) is 17.5 Å². The molecular weight excluding hydrogens is 271 g/mol. The van der Waals surface area contributed by atoms with E-state index in [1.165, 1.54) is 4.57 Å². The molecule has 0 aliphatic heterocycles. The van der Waals surface area contributed by atoms with Crippen molar-refractivity contribution in [1.82, 2.24) is 14.8 Å². The second-order valence-electron chi connectivity index (χ2n) is 5.33. The highest BCUT2D eigenvalue weighted by Gasteiger charge is 2.26. The smallest absolute Gasteiger partial charge is 0.195 e. The van der Waals surface area contributed by atoms with Crippen molar-refractivity contribution in [2.75, 3.05) is 0 Å². The van der Waals surface area contributed by atoms with Gasteiger partial charge in [-0.15, -0.1) is 10.2 Å². The van der Waals surface area contributed by atoms with E-state index >= 15 is 0 Å². The molecule has 4 nitrogen and oxygen atoms in total. The number of hydrogen-bond donors (Lipinski definition) is 1. The molecule has 108 valence electrons. The minimum atomic E-state index is -1.56. The summed E-state index contributed by atoms with van der Waals surface area (Å²) in [7, 11) is 0. The van der Waals surface area contributed by atoms with E-state index in [1.807, 2.05) is 0 Å². The van der Waals surface area contributed by atoms with Crippen molar-refractivity contribution >= 4 is 0 Å². The summed E-state index contributed by atoms with van der Waals surface area (Å²) in [5.41, 5.74) is -0.764. The van der Waals surface area contributed by atoms with E-state index in [1.54, 1.807) is 20.8 Å². The average molecular weight is 285 g/mol. The third kappa shape index (κ3) is 2.29. The van der Waals surface area contributed by atoms with E-state index < -0.39 is 29.6 Å². The number of aromatic nitrogens is 3. The fraction of sp³-hybridized carbons (Fsp3) is 0.385. The maximum absolute atomic E-state index is 13.9. The molecule has 0 atom stereocenters. The molecule has 2 rings (SSSR count). The molecule has 0 saturated carbocycles. The Kier molecular flexibility index (Phi) is 3.56. The quantitative estimate of drug-likeness (QED) is 0.863. The normalized spacial score (nSPS) is 11.9. The molecule has 0 amide bonds. The summed E-state index contributed by atoms with van der Waals surface area (Å²) in [5.74, 6) is -3.89. The average Bonchev–Trinajstić information content (AvgIpc) is 2.79. The van der Waals surface area contributed by atoms with Gasteiger partial charge in [-0.3, -0.25) is 0 Å². The van der Waals surface area contributed by atoms with E-state index in [9.17, 15) is 18.3 Å². The van der Waals surface area contributed by atoms with Crippen LogP contribution in [0.2, 0.25) is 0 Å². The van der Waals surface area contributed by atoms with Crippen molar-refractivity contribution in [3.05, 3.63) is 35.4 Å². The molecule has 0 radical (unpaired) electrons. The Morgan fingerprint density at radius 1 is 1.10 bits per heavy atom. The number of nitrogens with zero attached hydrogens (tertiary/aromatic N) is 3. The molecule has 1 heterocycles. The van der Waals surface area contributed by atoms with Crippen LogP contribution in [0.25, 0.3) is 11.4 Å². The second-order valence-corrected chi connectivity index (χ2v) is 5.33. The molecule has 20 heavy (non-hydrogen) atoms. The molecule has 0 aliphatic carbocycles. The Hall–Kier alpha value is -1.89. The summed E-state index contributed by atoms with van der Waals surface area (Å²) in [6.07, 6.45) is 0. The Bertz CT molecular complexity index is 647. The van der Waals surface area contributed by atoms with Crippen molar-refractivity contribution < 1.29 is 18.3 Å². The summed E-state index contributed by atoms with van der Waals surface area (Å²) in [5, 5.41) is 16.8. The van der Waals surface area contributed by atoms with Gasteiger partial charge in [0.05, 0.1) is 5.56 Å². The zero-order chi connectivity index (χ0) is 15.1. The topological polar surface area (TPSA) is 50.9 Å². The summed E-state index contributed by atoms with van der Waals surface area (Å²) >= 11 is 0. The van der Waals surface area contributed by atoms with Crippen LogP contribution in [-0.4, -0.2) is 19.9 Å². The Labute approximate surface area is 113 Å². The summed E-state index contributed by atoms with van der Waals surface area (Å²) in [6.45, 7) is 5.01. The molecule has 0 fully saturated rings. The van der Waals surface area contributed by atoms with Gasteiger partial charge in [-0.05, 0) is 32.9 Å². The van der Waals surface area contributed by atoms with E-state index in [4.69, 9.17) is 0 Å². The van der Waals surface area contributed by atoms with E-state index in [0.717, 1.165) is 12.1 Å². The predicted octanol–water partition coefficient (Wildman–Crippen LogP) is 2.61. The van der Waals surface area contributed by atoms with E-state index in [2.05, 4.69) is 10.2 Å². The molecule has 1 aromatic heterocycles. The second kappa shape index (κ2) is 4.90. The Morgan fingerprint density at radius 3 is 2.30 bits per heavy atom. The fourth-order valence-corrected chi connectivity index (χ4v) is 2.00. The van der Waals surface area contributed by atoms with Crippen molar-refractivity contribution in [3.8, 4) is 11.4 Å². The van der Waals surface area contributed by atoms with Crippen molar-refractivity contribution in [2.24, 2.45) is 0 Å². The first-order chi connectivity index (χ1) is 9.27. The molecular formula is C13H14F3N3O. The van der Waals surface area contributed by atoms with Gasteiger partial charge in [-0.25, -0.2) is 13.2 Å². The monoisotopic (exact) mass is 285 g/mol. The molecule has 0 bridgehead atoms. The van der Waals surface area contributed by atoms with Gasteiger partial charge in [0.15, 0.2) is 29.1 Å². The Morgan fingerprint density at radius 2 is 1.75 bits per heavy atom. The summed E-state index contributed by atoms with van der Waals surface area (Å²) < 4.78 is 41.7. The van der Waals surface area contributed by atoms with Gasteiger partial charge >= 0.3 is 0 Å². The first-order valence-corrected chi connectivity index (χ1v) is 5.97. The first-order valence-electron chi connectivity index (χ1n) is 5.97. The van der Waals surface area contributed by atoms with Gasteiger partial charge in [-0.1, -0.05) is 0 Å². The molecule has 2 aromatic rings. The lowest BCUT2D eigenvalue weighted by Gasteiger charge is -2.24. The molecule has 0 unspecified atom stereocenters. The number of aliphatic hydroxyl groups excluding tert-OH is 1.